The molecule has 0 unspecified atom stereocenters. The molecule has 0 saturated carbocycles. The van der Waals surface area contributed by atoms with Gasteiger partial charge in [-0.25, -0.2) is 8.42 Å². The van der Waals surface area contributed by atoms with Crippen LogP contribution in [0, 0.1) is 11.3 Å². The number of hydrogen-bond donors (Lipinski definition) is 0. The molecule has 0 aromatic heterocycles. The first-order chi connectivity index (χ1) is 13.3. The predicted octanol–water partition coefficient (Wildman–Crippen LogP) is 3.44. The third-order valence-corrected chi connectivity index (χ3v) is 6.60. The van der Waals surface area contributed by atoms with Gasteiger partial charge in [0, 0.05) is 0 Å². The van der Waals surface area contributed by atoms with Gasteiger partial charge in [-0.05, 0) is 29.8 Å². The zero-order valence-corrected chi connectivity index (χ0v) is 17.3. The summed E-state index contributed by atoms with van der Waals surface area (Å²) in [6.45, 7) is -0.573. The molecule has 2 aromatic carbocycles. The molecule has 0 saturated heterocycles. The number of carbonyl (C=O) groups excluding carboxylic acids is 1. The molecule has 0 spiro atoms. The number of methoxy groups -OCH3 is 2. The molecule has 0 aliphatic carbocycles. The zero-order valence-electron chi connectivity index (χ0n) is 15.0. The van der Waals surface area contributed by atoms with Crippen molar-refractivity contribution in [3.05, 3.63) is 52.0 Å². The van der Waals surface area contributed by atoms with Gasteiger partial charge in [-0.3, -0.25) is 9.10 Å². The molecule has 0 atom stereocenters. The summed E-state index contributed by atoms with van der Waals surface area (Å²) in [6.07, 6.45) is 0.171. The molecule has 7 nitrogen and oxygen atoms in total. The summed E-state index contributed by atoms with van der Waals surface area (Å²) in [5.41, 5.74) is 0.905. The second-order valence-corrected chi connectivity index (χ2v) is 8.07. The Labute approximate surface area is 173 Å². The molecule has 28 heavy (non-hydrogen) atoms. The molecule has 0 aliphatic rings. The highest BCUT2D eigenvalue weighted by Crippen LogP contribution is 2.38. The van der Waals surface area contributed by atoms with Crippen LogP contribution in [0.15, 0.2) is 41.3 Å². The lowest BCUT2D eigenvalue weighted by Crippen LogP contribution is -2.36. The van der Waals surface area contributed by atoms with Crippen molar-refractivity contribution in [2.24, 2.45) is 0 Å². The first-order valence-corrected chi connectivity index (χ1v) is 10.0. The number of sulfonamides is 1. The van der Waals surface area contributed by atoms with Gasteiger partial charge in [0.2, 0.25) is 0 Å². The summed E-state index contributed by atoms with van der Waals surface area (Å²) >= 11 is 12.2. The Balaban J connectivity index is 2.58. The first-order valence-electron chi connectivity index (χ1n) is 7.83. The van der Waals surface area contributed by atoms with Crippen LogP contribution in [0.4, 0.5) is 5.69 Å². The van der Waals surface area contributed by atoms with E-state index >= 15 is 0 Å². The number of rotatable bonds is 7. The molecule has 2 aromatic rings. The topological polar surface area (TPSA) is 96.7 Å². The van der Waals surface area contributed by atoms with Gasteiger partial charge in [-0.15, -0.1) is 0 Å². The van der Waals surface area contributed by atoms with Crippen LogP contribution in [0.25, 0.3) is 0 Å². The van der Waals surface area contributed by atoms with Crippen molar-refractivity contribution in [2.75, 3.05) is 25.1 Å². The third kappa shape index (κ3) is 4.50. The van der Waals surface area contributed by atoms with Crippen molar-refractivity contribution in [3.63, 3.8) is 0 Å². The van der Waals surface area contributed by atoms with E-state index in [-0.39, 0.29) is 32.8 Å². The average Bonchev–Trinajstić information content (AvgIpc) is 2.68. The molecule has 0 amide bonds. The minimum atomic E-state index is -4.27. The molecule has 148 valence electrons. The maximum absolute atomic E-state index is 13.2. The second kappa shape index (κ2) is 9.15. The zero-order chi connectivity index (χ0) is 20.9. The number of carbonyl (C=O) groups is 1. The van der Waals surface area contributed by atoms with Gasteiger partial charge in [0.1, 0.15) is 22.2 Å². The van der Waals surface area contributed by atoms with Gasteiger partial charge in [0.25, 0.3) is 10.0 Å². The highest BCUT2D eigenvalue weighted by atomic mass is 35.5. The van der Waals surface area contributed by atoms with E-state index in [0.29, 0.717) is 5.56 Å². The molecule has 0 radical (unpaired) electrons. The number of ether oxygens (including phenoxy) is 2. The summed E-state index contributed by atoms with van der Waals surface area (Å²) < 4.78 is 37.0. The SMILES string of the molecule is COC(=O)CN(c1ccc(CC#N)cc1)S(=O)(=O)c1ccc(OC)c(Cl)c1Cl. The predicted molar refractivity (Wildman–Crippen MR) is 105 cm³/mol. The van der Waals surface area contributed by atoms with Crippen molar-refractivity contribution in [1.29, 1.82) is 5.26 Å². The number of esters is 1. The lowest BCUT2D eigenvalue weighted by atomic mass is 10.1. The normalized spacial score (nSPS) is 10.8. The van der Waals surface area contributed by atoms with Gasteiger partial charge in [0.15, 0.2) is 0 Å². The van der Waals surface area contributed by atoms with Crippen LogP contribution in [-0.2, 0) is 26.0 Å². The lowest BCUT2D eigenvalue weighted by molar-refractivity contribution is -0.138. The highest BCUT2D eigenvalue weighted by molar-refractivity contribution is 7.93. The molecule has 2 rings (SSSR count). The van der Waals surface area contributed by atoms with Crippen LogP contribution in [0.3, 0.4) is 0 Å². The smallest absolute Gasteiger partial charge is 0.326 e. The monoisotopic (exact) mass is 442 g/mol. The van der Waals surface area contributed by atoms with Crippen LogP contribution in [-0.4, -0.2) is 35.2 Å². The number of hydrogen-bond acceptors (Lipinski definition) is 6. The van der Waals surface area contributed by atoms with E-state index in [1.807, 2.05) is 6.07 Å². The van der Waals surface area contributed by atoms with Gasteiger partial charge in [-0.2, -0.15) is 5.26 Å². The van der Waals surface area contributed by atoms with E-state index in [1.54, 1.807) is 12.1 Å². The Morgan fingerprint density at radius 1 is 1.11 bits per heavy atom. The number of benzene rings is 2. The van der Waals surface area contributed by atoms with E-state index in [1.165, 1.54) is 31.4 Å². The number of halogens is 2. The summed E-state index contributed by atoms with van der Waals surface area (Å²) in [5, 5.41) is 8.48. The highest BCUT2D eigenvalue weighted by Gasteiger charge is 2.31. The quantitative estimate of drug-likeness (QED) is 0.609. The summed E-state index contributed by atoms with van der Waals surface area (Å²) in [6, 6.07) is 10.8. The molecule has 0 aliphatic heterocycles. The van der Waals surface area contributed by atoms with Crippen molar-refractivity contribution >= 4 is 44.9 Å². The van der Waals surface area contributed by atoms with Crippen molar-refractivity contribution < 1.29 is 22.7 Å². The number of anilines is 1. The van der Waals surface area contributed by atoms with Gasteiger partial charge >= 0.3 is 5.97 Å². The van der Waals surface area contributed by atoms with Crippen LogP contribution in [0.5, 0.6) is 5.75 Å². The van der Waals surface area contributed by atoms with E-state index in [0.717, 1.165) is 11.4 Å². The first kappa shape index (κ1) is 21.8. The summed E-state index contributed by atoms with van der Waals surface area (Å²) in [4.78, 5) is 11.6. The number of nitrogens with zero attached hydrogens (tertiary/aromatic N) is 2. The van der Waals surface area contributed by atoms with E-state index in [9.17, 15) is 13.2 Å². The average molecular weight is 443 g/mol. The van der Waals surface area contributed by atoms with Gasteiger partial charge in [-0.1, -0.05) is 35.3 Å². The fourth-order valence-electron chi connectivity index (χ4n) is 2.36. The second-order valence-electron chi connectivity index (χ2n) is 5.48. The summed E-state index contributed by atoms with van der Waals surface area (Å²) in [5.74, 6) is -0.550. The maximum atomic E-state index is 13.2. The van der Waals surface area contributed by atoms with Crippen molar-refractivity contribution in [3.8, 4) is 11.8 Å². The fourth-order valence-corrected chi connectivity index (χ4v) is 4.59. The fraction of sp³-hybridized carbons (Fsp3) is 0.222. The van der Waals surface area contributed by atoms with E-state index in [4.69, 9.17) is 33.2 Å². The standard InChI is InChI=1S/C18H16Cl2N2O5S/c1-26-14-7-8-15(18(20)17(14)19)28(24,25)22(11-16(23)27-2)13-5-3-12(4-6-13)9-10-21/h3-8H,9,11H2,1-2H3. The third-order valence-electron chi connectivity index (χ3n) is 3.81. The minimum Gasteiger partial charge on any atom is -0.495 e. The molecule has 10 heteroatoms. The Bertz CT molecular complexity index is 1020. The molecular formula is C18H16Cl2N2O5S. The van der Waals surface area contributed by atoms with Crippen LogP contribution in [0.1, 0.15) is 5.56 Å². The van der Waals surface area contributed by atoms with E-state index in [2.05, 4.69) is 4.74 Å². The largest absolute Gasteiger partial charge is 0.495 e. The molecule has 0 bridgehead atoms. The number of nitriles is 1. The molecule has 0 fully saturated rings. The van der Waals surface area contributed by atoms with Crippen LogP contribution < -0.4 is 9.04 Å². The van der Waals surface area contributed by atoms with Crippen molar-refractivity contribution in [2.45, 2.75) is 11.3 Å². The minimum absolute atomic E-state index is 0.0624. The van der Waals surface area contributed by atoms with E-state index < -0.39 is 22.5 Å². The lowest BCUT2D eigenvalue weighted by Gasteiger charge is -2.24. The molecular weight excluding hydrogens is 427 g/mol. The van der Waals surface area contributed by atoms with Crippen LogP contribution in [0.2, 0.25) is 10.0 Å². The Morgan fingerprint density at radius 2 is 1.75 bits per heavy atom. The Hall–Kier alpha value is -2.47. The van der Waals surface area contributed by atoms with Gasteiger partial charge in [0.05, 0.1) is 37.4 Å². The molecule has 0 N–H and O–H groups in total. The maximum Gasteiger partial charge on any atom is 0.326 e. The van der Waals surface area contributed by atoms with Gasteiger partial charge < -0.3 is 9.47 Å². The Morgan fingerprint density at radius 3 is 2.29 bits per heavy atom. The summed E-state index contributed by atoms with van der Waals surface area (Å²) in [7, 11) is -1.74. The Kier molecular flexibility index (Phi) is 7.13. The van der Waals surface area contributed by atoms with Crippen molar-refractivity contribution in [1.82, 2.24) is 0 Å². The molecule has 0 heterocycles. The van der Waals surface area contributed by atoms with Crippen LogP contribution >= 0.6 is 23.2 Å².